The van der Waals surface area contributed by atoms with Gasteiger partial charge in [-0.3, -0.25) is 14.4 Å². The summed E-state index contributed by atoms with van der Waals surface area (Å²) in [7, 11) is -3.90. The molecular weight excluding hydrogens is 433 g/mol. The van der Waals surface area contributed by atoms with Crippen molar-refractivity contribution >= 4 is 44.8 Å². The van der Waals surface area contributed by atoms with Crippen LogP contribution in [0.2, 0.25) is 10.0 Å². The Morgan fingerprint density at radius 2 is 1.76 bits per heavy atom. The number of nitrogens with zero attached hydrogens (tertiary/aromatic N) is 1. The fourth-order valence-corrected chi connectivity index (χ4v) is 5.35. The van der Waals surface area contributed by atoms with Crippen LogP contribution in [-0.2, 0) is 10.0 Å². The molecule has 2 fully saturated rings. The van der Waals surface area contributed by atoms with E-state index in [4.69, 9.17) is 23.2 Å². The molecule has 9 heteroatoms. The zero-order valence-corrected chi connectivity index (χ0v) is 17.9. The van der Waals surface area contributed by atoms with E-state index >= 15 is 0 Å². The van der Waals surface area contributed by atoms with E-state index in [0.717, 1.165) is 19.5 Å². The molecule has 1 heterocycles. The third kappa shape index (κ3) is 4.86. The average Bonchev–Trinajstić information content (AvgIpc) is 3.43. The summed E-state index contributed by atoms with van der Waals surface area (Å²) in [5, 5.41) is 3.41. The maximum atomic E-state index is 12.6. The van der Waals surface area contributed by atoms with Gasteiger partial charge in [0.1, 0.15) is 4.90 Å². The van der Waals surface area contributed by atoms with Gasteiger partial charge in [-0.05, 0) is 61.7 Å². The van der Waals surface area contributed by atoms with Gasteiger partial charge in [-0.1, -0.05) is 23.2 Å². The van der Waals surface area contributed by atoms with Gasteiger partial charge in [0.15, 0.2) is 0 Å². The summed E-state index contributed by atoms with van der Waals surface area (Å²) >= 11 is 11.9. The van der Waals surface area contributed by atoms with E-state index in [9.17, 15) is 13.2 Å². The number of hydrogen-bond donors (Lipinski definition) is 2. The quantitative estimate of drug-likeness (QED) is 0.697. The van der Waals surface area contributed by atoms with E-state index in [1.165, 1.54) is 31.0 Å². The van der Waals surface area contributed by atoms with E-state index in [0.29, 0.717) is 17.3 Å². The van der Waals surface area contributed by atoms with E-state index in [2.05, 4.69) is 14.9 Å². The summed E-state index contributed by atoms with van der Waals surface area (Å²) in [6.45, 7) is 1.93. The zero-order valence-electron chi connectivity index (χ0n) is 15.6. The van der Waals surface area contributed by atoms with Crippen molar-refractivity contribution in [2.24, 2.45) is 0 Å². The molecular formula is C20H21Cl2N3O3S. The van der Waals surface area contributed by atoms with Gasteiger partial charge in [0.05, 0.1) is 5.02 Å². The first-order valence-electron chi connectivity index (χ1n) is 9.45. The standard InChI is InChI=1S/C20H21Cl2N3O3S/c21-14-3-8-18(22)19(11-14)29(27,28)24-15-4-1-13(2-5-15)20(26)23-16-9-10-25(12-16)17-6-7-17/h1-5,8,11,16-17,24H,6-7,9-10,12H2,(H,23,26). The van der Waals surface area contributed by atoms with Gasteiger partial charge < -0.3 is 5.32 Å². The number of likely N-dealkylation sites (tertiary alicyclic amines) is 1. The largest absolute Gasteiger partial charge is 0.348 e. The first kappa shape index (κ1) is 20.5. The van der Waals surface area contributed by atoms with E-state index in [1.54, 1.807) is 24.3 Å². The minimum atomic E-state index is -3.90. The number of halogens is 2. The topological polar surface area (TPSA) is 78.5 Å². The number of nitrogens with one attached hydrogen (secondary N) is 2. The number of anilines is 1. The van der Waals surface area contributed by atoms with Crippen LogP contribution >= 0.6 is 23.2 Å². The van der Waals surface area contributed by atoms with Gasteiger partial charge in [-0.2, -0.15) is 0 Å². The SMILES string of the molecule is O=C(NC1CCN(C2CC2)C1)c1ccc(NS(=O)(=O)c2cc(Cl)ccc2Cl)cc1. The molecule has 1 saturated heterocycles. The predicted octanol–water partition coefficient (Wildman–Crippen LogP) is 3.76. The summed E-state index contributed by atoms with van der Waals surface area (Å²) in [6, 6.07) is 11.4. The third-order valence-corrected chi connectivity index (χ3v) is 7.30. The van der Waals surface area contributed by atoms with Crippen LogP contribution in [0.1, 0.15) is 29.6 Å². The number of carbonyl (C=O) groups excluding carboxylic acids is 1. The van der Waals surface area contributed by atoms with E-state index in [-0.39, 0.29) is 26.9 Å². The molecule has 4 rings (SSSR count). The van der Waals surface area contributed by atoms with Gasteiger partial charge >= 0.3 is 0 Å². The zero-order chi connectivity index (χ0) is 20.6. The number of hydrogen-bond acceptors (Lipinski definition) is 4. The maximum absolute atomic E-state index is 12.6. The first-order valence-corrected chi connectivity index (χ1v) is 11.7. The van der Waals surface area contributed by atoms with E-state index < -0.39 is 10.0 Å². The molecule has 154 valence electrons. The highest BCUT2D eigenvalue weighted by molar-refractivity contribution is 7.92. The van der Waals surface area contributed by atoms with Gasteiger partial charge in [-0.25, -0.2) is 8.42 Å². The highest BCUT2D eigenvalue weighted by atomic mass is 35.5. The Hall–Kier alpha value is -1.80. The Balaban J connectivity index is 1.39. The van der Waals surface area contributed by atoms with Crippen LogP contribution in [0.4, 0.5) is 5.69 Å². The number of amides is 1. The second-order valence-corrected chi connectivity index (χ2v) is 9.94. The Morgan fingerprint density at radius 1 is 1.03 bits per heavy atom. The monoisotopic (exact) mass is 453 g/mol. The molecule has 1 aliphatic carbocycles. The molecule has 0 bridgehead atoms. The lowest BCUT2D eigenvalue weighted by molar-refractivity contribution is 0.0937. The van der Waals surface area contributed by atoms with Crippen molar-refractivity contribution in [1.29, 1.82) is 0 Å². The molecule has 2 aliphatic rings. The number of carbonyl (C=O) groups is 1. The molecule has 1 aliphatic heterocycles. The van der Waals surface area contributed by atoms with Gasteiger partial charge in [0.25, 0.3) is 15.9 Å². The second-order valence-electron chi connectivity index (χ2n) is 7.44. The summed E-state index contributed by atoms with van der Waals surface area (Å²) in [4.78, 5) is 14.8. The molecule has 1 atom stereocenters. The second kappa shape index (κ2) is 8.14. The smallest absolute Gasteiger partial charge is 0.263 e. The van der Waals surface area contributed by atoms with Crippen LogP contribution in [0, 0.1) is 0 Å². The number of rotatable bonds is 6. The molecule has 2 aromatic rings. The average molecular weight is 454 g/mol. The lowest BCUT2D eigenvalue weighted by Gasteiger charge is -2.16. The van der Waals surface area contributed by atoms with E-state index in [1.807, 2.05) is 0 Å². The molecule has 29 heavy (non-hydrogen) atoms. The van der Waals surface area contributed by atoms with Crippen LogP contribution in [-0.4, -0.2) is 44.4 Å². The maximum Gasteiger partial charge on any atom is 0.263 e. The van der Waals surface area contributed by atoms with Crippen LogP contribution < -0.4 is 10.0 Å². The molecule has 1 saturated carbocycles. The Kier molecular flexibility index (Phi) is 5.75. The van der Waals surface area contributed by atoms with Crippen LogP contribution in [0.5, 0.6) is 0 Å². The molecule has 2 N–H and O–H groups in total. The van der Waals surface area contributed by atoms with Crippen molar-refractivity contribution in [3.05, 3.63) is 58.1 Å². The van der Waals surface area contributed by atoms with Crippen LogP contribution in [0.25, 0.3) is 0 Å². The Labute approximate surface area is 180 Å². The summed E-state index contributed by atoms with van der Waals surface area (Å²) in [5.41, 5.74) is 0.817. The summed E-state index contributed by atoms with van der Waals surface area (Å²) in [6.07, 6.45) is 3.48. The lowest BCUT2D eigenvalue weighted by Crippen LogP contribution is -2.37. The highest BCUT2D eigenvalue weighted by Crippen LogP contribution is 2.30. The van der Waals surface area contributed by atoms with Crippen molar-refractivity contribution in [3.63, 3.8) is 0 Å². The number of sulfonamides is 1. The van der Waals surface area contributed by atoms with Crippen molar-refractivity contribution in [2.75, 3.05) is 17.8 Å². The lowest BCUT2D eigenvalue weighted by atomic mass is 10.1. The van der Waals surface area contributed by atoms with Crippen LogP contribution in [0.15, 0.2) is 47.4 Å². The first-order chi connectivity index (χ1) is 13.8. The molecule has 6 nitrogen and oxygen atoms in total. The highest BCUT2D eigenvalue weighted by Gasteiger charge is 2.34. The summed E-state index contributed by atoms with van der Waals surface area (Å²) < 4.78 is 27.6. The van der Waals surface area contributed by atoms with Gasteiger partial charge in [0, 0.05) is 41.4 Å². The molecule has 1 unspecified atom stereocenters. The fraction of sp³-hybridized carbons (Fsp3) is 0.350. The fourth-order valence-electron chi connectivity index (χ4n) is 3.53. The van der Waals surface area contributed by atoms with Crippen molar-refractivity contribution in [2.45, 2.75) is 36.2 Å². The summed E-state index contributed by atoms with van der Waals surface area (Å²) in [5.74, 6) is -0.153. The minimum Gasteiger partial charge on any atom is -0.348 e. The Morgan fingerprint density at radius 3 is 2.45 bits per heavy atom. The third-order valence-electron chi connectivity index (χ3n) is 5.20. The molecule has 0 radical (unpaired) electrons. The molecule has 1 amide bonds. The molecule has 2 aromatic carbocycles. The predicted molar refractivity (Wildman–Crippen MR) is 114 cm³/mol. The van der Waals surface area contributed by atoms with Gasteiger partial charge in [-0.15, -0.1) is 0 Å². The molecule has 0 spiro atoms. The number of benzene rings is 2. The van der Waals surface area contributed by atoms with Crippen LogP contribution in [0.3, 0.4) is 0 Å². The van der Waals surface area contributed by atoms with Crippen molar-refractivity contribution < 1.29 is 13.2 Å². The minimum absolute atomic E-state index is 0.0784. The molecule has 0 aromatic heterocycles. The normalized spacial score (nSPS) is 19.9. The Bertz CT molecular complexity index is 1020. The van der Waals surface area contributed by atoms with Crippen molar-refractivity contribution in [1.82, 2.24) is 10.2 Å². The van der Waals surface area contributed by atoms with Crippen molar-refractivity contribution in [3.8, 4) is 0 Å². The van der Waals surface area contributed by atoms with Gasteiger partial charge in [0.2, 0.25) is 0 Å².